The summed E-state index contributed by atoms with van der Waals surface area (Å²) in [4.78, 5) is 12.3. The van der Waals surface area contributed by atoms with Gasteiger partial charge in [-0.2, -0.15) is 5.10 Å². The highest BCUT2D eigenvalue weighted by Gasteiger charge is 2.20. The van der Waals surface area contributed by atoms with Crippen molar-refractivity contribution in [3.8, 4) is 0 Å². The van der Waals surface area contributed by atoms with Gasteiger partial charge in [0.1, 0.15) is 5.82 Å². The summed E-state index contributed by atoms with van der Waals surface area (Å²) < 4.78 is 2.52. The Morgan fingerprint density at radius 1 is 1.30 bits per heavy atom. The quantitative estimate of drug-likeness (QED) is 0.702. The number of carbonyl (C=O) groups excluding carboxylic acids is 1. The van der Waals surface area contributed by atoms with Crippen LogP contribution in [0.1, 0.15) is 58.6 Å². The van der Waals surface area contributed by atoms with Crippen molar-refractivity contribution in [1.29, 1.82) is 0 Å². The van der Waals surface area contributed by atoms with E-state index in [9.17, 15) is 4.79 Å². The predicted molar refractivity (Wildman–Crippen MR) is 112 cm³/mol. The number of rotatable bonds is 6. The van der Waals surface area contributed by atoms with Crippen LogP contribution in [0.5, 0.6) is 0 Å². The van der Waals surface area contributed by atoms with Gasteiger partial charge in [-0.25, -0.2) is 0 Å². The second-order valence-electron chi connectivity index (χ2n) is 7.98. The molecule has 7 nitrogen and oxygen atoms in total. The number of anilines is 2. The molecule has 27 heavy (non-hydrogen) atoms. The van der Waals surface area contributed by atoms with Gasteiger partial charge in [0.15, 0.2) is 4.34 Å². The Morgan fingerprint density at radius 3 is 2.70 bits per heavy atom. The fourth-order valence-corrected chi connectivity index (χ4v) is 4.63. The molecule has 0 aliphatic heterocycles. The van der Waals surface area contributed by atoms with Crippen LogP contribution >= 0.6 is 23.1 Å². The minimum atomic E-state index is -0.0690. The van der Waals surface area contributed by atoms with Crippen LogP contribution in [0.3, 0.4) is 0 Å². The van der Waals surface area contributed by atoms with E-state index in [0.717, 1.165) is 15.2 Å². The van der Waals surface area contributed by atoms with Gasteiger partial charge in [-0.15, -0.1) is 10.2 Å². The van der Waals surface area contributed by atoms with Crippen LogP contribution in [0.2, 0.25) is 0 Å². The fraction of sp³-hybridized carbons (Fsp3) is 0.667. The summed E-state index contributed by atoms with van der Waals surface area (Å²) in [5.41, 5.74) is 0.902. The van der Waals surface area contributed by atoms with Gasteiger partial charge in [0.25, 0.3) is 0 Å². The number of aryl methyl sites for hydroxylation is 1. The summed E-state index contributed by atoms with van der Waals surface area (Å²) in [6, 6.07) is 2.44. The molecule has 1 fully saturated rings. The van der Waals surface area contributed by atoms with Crippen LogP contribution in [0.25, 0.3) is 0 Å². The maximum absolute atomic E-state index is 12.3. The van der Waals surface area contributed by atoms with E-state index in [1.54, 1.807) is 4.68 Å². The molecule has 9 heteroatoms. The van der Waals surface area contributed by atoms with Gasteiger partial charge < -0.3 is 10.6 Å². The molecular formula is C18H28N6OS2. The smallest absolute Gasteiger partial charge is 0.235 e. The molecule has 2 N–H and O–H groups in total. The third-order valence-corrected chi connectivity index (χ3v) is 6.57. The van der Waals surface area contributed by atoms with Crippen LogP contribution in [0, 0.1) is 0 Å². The second-order valence-corrected chi connectivity index (χ2v) is 10.2. The van der Waals surface area contributed by atoms with Crippen molar-refractivity contribution in [2.24, 2.45) is 7.05 Å². The number of aromatic nitrogens is 4. The molecule has 2 aromatic rings. The first-order chi connectivity index (χ1) is 12.8. The molecule has 1 amide bonds. The lowest BCUT2D eigenvalue weighted by atomic mass is 9.92. The summed E-state index contributed by atoms with van der Waals surface area (Å²) >= 11 is 2.93. The van der Waals surface area contributed by atoms with E-state index in [-0.39, 0.29) is 11.3 Å². The molecule has 148 valence electrons. The van der Waals surface area contributed by atoms with Gasteiger partial charge in [-0.05, 0) is 12.8 Å². The van der Waals surface area contributed by atoms with Crippen molar-refractivity contribution in [3.63, 3.8) is 0 Å². The summed E-state index contributed by atoms with van der Waals surface area (Å²) in [5.74, 6) is 0.941. The first-order valence-electron chi connectivity index (χ1n) is 9.38. The molecular weight excluding hydrogens is 380 g/mol. The molecule has 0 bridgehead atoms. The van der Waals surface area contributed by atoms with Crippen LogP contribution < -0.4 is 10.6 Å². The Kier molecular flexibility index (Phi) is 6.41. The Bertz CT molecular complexity index is 773. The van der Waals surface area contributed by atoms with Gasteiger partial charge in [0.05, 0.1) is 11.4 Å². The highest BCUT2D eigenvalue weighted by atomic mass is 32.2. The molecule has 0 atom stereocenters. The van der Waals surface area contributed by atoms with E-state index in [0.29, 0.717) is 17.6 Å². The molecule has 0 spiro atoms. The van der Waals surface area contributed by atoms with Crippen molar-refractivity contribution in [2.45, 2.75) is 68.7 Å². The van der Waals surface area contributed by atoms with Gasteiger partial charge in [0, 0.05) is 24.6 Å². The summed E-state index contributed by atoms with van der Waals surface area (Å²) in [7, 11) is 1.84. The van der Waals surface area contributed by atoms with E-state index >= 15 is 0 Å². The lowest BCUT2D eigenvalue weighted by Gasteiger charge is -2.21. The Hall–Kier alpha value is -1.61. The van der Waals surface area contributed by atoms with Gasteiger partial charge in [0.2, 0.25) is 11.0 Å². The number of amides is 1. The lowest BCUT2D eigenvalue weighted by molar-refractivity contribution is -0.113. The van der Waals surface area contributed by atoms with Crippen molar-refractivity contribution in [2.75, 3.05) is 16.4 Å². The minimum absolute atomic E-state index is 0.0518. The third-order valence-electron chi connectivity index (χ3n) is 4.58. The first kappa shape index (κ1) is 20.1. The number of hydrogen-bond acceptors (Lipinski definition) is 7. The van der Waals surface area contributed by atoms with Gasteiger partial charge in [-0.1, -0.05) is 63.1 Å². The topological polar surface area (TPSA) is 84.7 Å². The Morgan fingerprint density at radius 2 is 2.04 bits per heavy atom. The number of carbonyl (C=O) groups is 1. The highest BCUT2D eigenvalue weighted by Crippen LogP contribution is 2.28. The number of thioether (sulfide) groups is 1. The molecule has 3 rings (SSSR count). The van der Waals surface area contributed by atoms with Crippen LogP contribution in [-0.2, 0) is 17.3 Å². The van der Waals surface area contributed by atoms with Crippen molar-refractivity contribution in [1.82, 2.24) is 20.0 Å². The van der Waals surface area contributed by atoms with E-state index in [2.05, 4.69) is 46.7 Å². The second kappa shape index (κ2) is 8.60. The average Bonchev–Trinajstić information content (AvgIpc) is 3.21. The molecule has 1 aliphatic carbocycles. The van der Waals surface area contributed by atoms with E-state index in [4.69, 9.17) is 0 Å². The minimum Gasteiger partial charge on any atom is -0.357 e. The third kappa shape index (κ3) is 5.68. The van der Waals surface area contributed by atoms with Crippen LogP contribution in [0.4, 0.5) is 10.9 Å². The van der Waals surface area contributed by atoms with E-state index in [1.165, 1.54) is 55.2 Å². The first-order valence-corrected chi connectivity index (χ1v) is 11.2. The van der Waals surface area contributed by atoms with E-state index in [1.807, 2.05) is 13.1 Å². The van der Waals surface area contributed by atoms with E-state index < -0.39 is 0 Å². The van der Waals surface area contributed by atoms with Crippen molar-refractivity contribution in [3.05, 3.63) is 11.8 Å². The molecule has 2 aromatic heterocycles. The molecule has 2 heterocycles. The van der Waals surface area contributed by atoms with Gasteiger partial charge in [-0.3, -0.25) is 9.48 Å². The Balaban J connectivity index is 1.49. The average molecular weight is 409 g/mol. The largest absolute Gasteiger partial charge is 0.357 e. The summed E-state index contributed by atoms with van der Waals surface area (Å²) in [6.45, 7) is 6.31. The van der Waals surface area contributed by atoms with Crippen molar-refractivity contribution < 1.29 is 4.79 Å². The van der Waals surface area contributed by atoms with Crippen molar-refractivity contribution >= 4 is 40.0 Å². The molecule has 1 saturated carbocycles. The normalized spacial score (nSPS) is 15.7. The molecule has 0 radical (unpaired) electrons. The zero-order valence-corrected chi connectivity index (χ0v) is 18.0. The molecule has 1 aliphatic rings. The number of nitrogens with one attached hydrogen (secondary N) is 2. The molecule has 0 aromatic carbocycles. The zero-order valence-electron chi connectivity index (χ0n) is 16.4. The summed E-state index contributed by atoms with van der Waals surface area (Å²) in [6.07, 6.45) is 6.29. The monoisotopic (exact) mass is 408 g/mol. The number of hydrogen-bond donors (Lipinski definition) is 2. The van der Waals surface area contributed by atoms with Crippen LogP contribution in [0.15, 0.2) is 10.4 Å². The standard InChI is InChI=1S/C18H28N6OS2/c1-18(2,3)13-10-14(24(4)23-13)20-15(25)11-26-17-22-21-16(27-17)19-12-8-6-5-7-9-12/h10,12H,5-9,11H2,1-4H3,(H,19,21)(H,20,25). The molecule has 0 unspecified atom stereocenters. The highest BCUT2D eigenvalue weighted by molar-refractivity contribution is 8.01. The maximum Gasteiger partial charge on any atom is 0.235 e. The van der Waals surface area contributed by atoms with Gasteiger partial charge >= 0.3 is 0 Å². The fourth-order valence-electron chi connectivity index (χ4n) is 3.00. The number of nitrogens with zero attached hydrogens (tertiary/aromatic N) is 4. The summed E-state index contributed by atoms with van der Waals surface area (Å²) in [5, 5.41) is 20.1. The Labute approximate surface area is 168 Å². The SMILES string of the molecule is Cn1nc(C(C)(C)C)cc1NC(=O)CSc1nnc(NC2CCCCC2)s1. The maximum atomic E-state index is 12.3. The lowest BCUT2D eigenvalue weighted by Crippen LogP contribution is -2.21. The van der Waals surface area contributed by atoms with Crippen LogP contribution in [-0.4, -0.2) is 37.7 Å². The molecule has 0 saturated heterocycles. The predicted octanol–water partition coefficient (Wildman–Crippen LogP) is 4.04. The zero-order chi connectivity index (χ0) is 19.4.